The summed E-state index contributed by atoms with van der Waals surface area (Å²) in [6.45, 7) is 2.79. The molecule has 0 spiro atoms. The molecule has 35 heavy (non-hydrogen) atoms. The maximum absolute atomic E-state index is 12.7. The minimum Gasteiger partial charge on any atom is -0.457 e. The third kappa shape index (κ3) is 8.35. The molecule has 0 unspecified atom stereocenters. The Morgan fingerprint density at radius 2 is 1.60 bits per heavy atom. The van der Waals surface area contributed by atoms with Gasteiger partial charge in [-0.15, -0.1) is 0 Å². The zero-order valence-electron chi connectivity index (χ0n) is 20.1. The van der Waals surface area contributed by atoms with E-state index in [1.54, 1.807) is 6.92 Å². The normalized spacial score (nSPS) is 18.3. The number of anilines is 3. The van der Waals surface area contributed by atoms with Crippen molar-refractivity contribution in [2.45, 2.75) is 75.8 Å². The van der Waals surface area contributed by atoms with Crippen LogP contribution in [0.5, 0.6) is 0 Å². The number of hydrogen-bond acceptors (Lipinski definition) is 13. The van der Waals surface area contributed by atoms with Crippen LogP contribution in [-0.4, -0.2) is 71.9 Å². The summed E-state index contributed by atoms with van der Waals surface area (Å²) in [4.78, 5) is 44.1. The molecule has 13 N–H and O–H groups in total. The van der Waals surface area contributed by atoms with Crippen LogP contribution in [0.2, 0.25) is 0 Å². The third-order valence-electron chi connectivity index (χ3n) is 5.71. The maximum Gasteiger partial charge on any atom is 0.323 e. The van der Waals surface area contributed by atoms with E-state index >= 15 is 0 Å². The molecule has 0 aromatic carbocycles. The van der Waals surface area contributed by atoms with Crippen molar-refractivity contribution in [2.24, 2.45) is 22.9 Å². The Morgan fingerprint density at radius 3 is 2.17 bits per heavy atom. The molecule has 0 fully saturated rings. The van der Waals surface area contributed by atoms with E-state index < -0.39 is 47.8 Å². The largest absolute Gasteiger partial charge is 0.457 e. The molecule has 0 radical (unpaired) electrons. The van der Waals surface area contributed by atoms with Gasteiger partial charge in [-0.3, -0.25) is 19.4 Å². The van der Waals surface area contributed by atoms with E-state index in [1.807, 2.05) is 0 Å². The molecule has 0 saturated carbocycles. The second-order valence-electron chi connectivity index (χ2n) is 8.63. The molecule has 5 atom stereocenters. The van der Waals surface area contributed by atoms with Crippen molar-refractivity contribution in [3.8, 4) is 0 Å². The molecule has 0 aliphatic carbocycles. The quantitative estimate of drug-likeness (QED) is 0.106. The van der Waals surface area contributed by atoms with Crippen LogP contribution < -0.4 is 44.9 Å². The van der Waals surface area contributed by atoms with Gasteiger partial charge in [0.2, 0.25) is 5.95 Å². The average Bonchev–Trinajstić information content (AvgIpc) is 2.82. The van der Waals surface area contributed by atoms with E-state index in [4.69, 9.17) is 38.1 Å². The van der Waals surface area contributed by atoms with Crippen LogP contribution in [0.4, 0.5) is 17.5 Å². The number of nitrogens with zero attached hydrogens (tertiary/aromatic N) is 1. The van der Waals surface area contributed by atoms with E-state index in [9.17, 15) is 14.4 Å². The number of nitrogens with two attached hydrogens (primary N) is 5. The SMILES string of the molecule is C[C@H](OC(=O)[C@@H](N)CCCCN)[C@H](OC(=O)[C@@H](N)CCCCN)[C@H]1CNc2nc(N)[nH]c(=O)c2N1. The highest BCUT2D eigenvalue weighted by molar-refractivity contribution is 5.77. The van der Waals surface area contributed by atoms with Crippen molar-refractivity contribution in [3.63, 3.8) is 0 Å². The molecule has 2 heterocycles. The number of fused-ring (bicyclic) bond motifs is 1. The number of nitrogen functional groups attached to an aromatic ring is 1. The molecule has 198 valence electrons. The number of carbonyl (C=O) groups excluding carboxylic acids is 2. The van der Waals surface area contributed by atoms with Gasteiger partial charge in [0.25, 0.3) is 5.56 Å². The van der Waals surface area contributed by atoms with Crippen LogP contribution in [0.1, 0.15) is 45.4 Å². The zero-order chi connectivity index (χ0) is 26.0. The number of carbonyl (C=O) groups is 2. The van der Waals surface area contributed by atoms with Gasteiger partial charge in [-0.2, -0.15) is 4.98 Å². The second kappa shape index (κ2) is 13.8. The first-order chi connectivity index (χ1) is 16.7. The van der Waals surface area contributed by atoms with Crippen LogP contribution in [0.15, 0.2) is 4.79 Å². The van der Waals surface area contributed by atoms with Gasteiger partial charge in [0.15, 0.2) is 11.9 Å². The molecular formula is C21H39N9O5. The fourth-order valence-corrected chi connectivity index (χ4v) is 3.71. The van der Waals surface area contributed by atoms with Crippen molar-refractivity contribution in [3.05, 3.63) is 10.4 Å². The van der Waals surface area contributed by atoms with E-state index in [-0.39, 0.29) is 24.0 Å². The standard InChI is InChI=1S/C21H39N9O5/c1-11(34-19(32)12(24)6-2-4-8-22)16(35-20(33)13(25)7-3-5-9-23)14-10-27-17-15(28-14)18(31)30-21(26)29-17/h11-14,16,28H,2-10,22-25H2,1H3,(H4,26,27,29,30,31)/t11-,12-,13-,14+,16-/m0/s1. The van der Waals surface area contributed by atoms with Crippen molar-refractivity contribution in [2.75, 3.05) is 36.0 Å². The number of H-pyrrole nitrogens is 1. The second-order valence-corrected chi connectivity index (χ2v) is 8.63. The molecule has 1 aromatic heterocycles. The molecule has 14 nitrogen and oxygen atoms in total. The van der Waals surface area contributed by atoms with Crippen LogP contribution in [0.3, 0.4) is 0 Å². The van der Waals surface area contributed by atoms with Gasteiger partial charge >= 0.3 is 11.9 Å². The number of hydrogen-bond donors (Lipinski definition) is 8. The fraction of sp³-hybridized carbons (Fsp3) is 0.714. The monoisotopic (exact) mass is 497 g/mol. The number of unbranched alkanes of at least 4 members (excludes halogenated alkanes) is 2. The Balaban J connectivity index is 2.16. The molecular weight excluding hydrogens is 458 g/mol. The Hall–Kier alpha value is -2.94. The number of nitrogens with one attached hydrogen (secondary N) is 3. The molecule has 0 amide bonds. The lowest BCUT2D eigenvalue weighted by molar-refractivity contribution is -0.169. The number of aromatic amines is 1. The molecule has 1 aliphatic rings. The fourth-order valence-electron chi connectivity index (χ4n) is 3.71. The molecule has 14 heteroatoms. The highest BCUT2D eigenvalue weighted by Gasteiger charge is 2.37. The van der Waals surface area contributed by atoms with Gasteiger partial charge < -0.3 is 48.8 Å². The van der Waals surface area contributed by atoms with Crippen LogP contribution in [0.25, 0.3) is 0 Å². The van der Waals surface area contributed by atoms with E-state index in [0.717, 1.165) is 12.8 Å². The Bertz CT molecular complexity index is 896. The highest BCUT2D eigenvalue weighted by atomic mass is 16.6. The summed E-state index contributed by atoms with van der Waals surface area (Å²) in [7, 11) is 0. The molecule has 2 rings (SSSR count). The van der Waals surface area contributed by atoms with Crippen LogP contribution >= 0.6 is 0 Å². The van der Waals surface area contributed by atoms with Gasteiger partial charge in [0, 0.05) is 6.54 Å². The minimum absolute atomic E-state index is 0.0427. The first-order valence-electron chi connectivity index (χ1n) is 11.9. The lowest BCUT2D eigenvalue weighted by Crippen LogP contribution is -2.53. The minimum atomic E-state index is -0.985. The van der Waals surface area contributed by atoms with Gasteiger partial charge in [-0.05, 0) is 45.7 Å². The van der Waals surface area contributed by atoms with Gasteiger partial charge in [0.1, 0.15) is 23.9 Å². The number of rotatable bonds is 14. The van der Waals surface area contributed by atoms with Crippen LogP contribution in [0, 0.1) is 0 Å². The molecule has 0 bridgehead atoms. The van der Waals surface area contributed by atoms with Crippen molar-refractivity contribution >= 4 is 29.4 Å². The van der Waals surface area contributed by atoms with Crippen molar-refractivity contribution in [1.82, 2.24) is 9.97 Å². The van der Waals surface area contributed by atoms with E-state index in [0.29, 0.717) is 38.8 Å². The number of esters is 2. The lowest BCUT2D eigenvalue weighted by atomic mass is 10.0. The highest BCUT2D eigenvalue weighted by Crippen LogP contribution is 2.24. The smallest absolute Gasteiger partial charge is 0.323 e. The van der Waals surface area contributed by atoms with Gasteiger partial charge in [-0.25, -0.2) is 0 Å². The molecule has 1 aliphatic heterocycles. The lowest BCUT2D eigenvalue weighted by Gasteiger charge is -2.36. The molecule has 0 saturated heterocycles. The Kier molecular flexibility index (Phi) is 11.2. The predicted octanol–water partition coefficient (Wildman–Crippen LogP) is -1.69. The summed E-state index contributed by atoms with van der Waals surface area (Å²) >= 11 is 0. The van der Waals surface area contributed by atoms with E-state index in [1.165, 1.54) is 0 Å². The average molecular weight is 498 g/mol. The van der Waals surface area contributed by atoms with Gasteiger partial charge in [-0.1, -0.05) is 12.8 Å². The zero-order valence-corrected chi connectivity index (χ0v) is 20.1. The first kappa shape index (κ1) is 28.3. The topological polar surface area (TPSA) is 253 Å². The molecule has 1 aromatic rings. The summed E-state index contributed by atoms with van der Waals surface area (Å²) in [5.74, 6) is -1.06. The van der Waals surface area contributed by atoms with Crippen molar-refractivity contribution < 1.29 is 19.1 Å². The Morgan fingerprint density at radius 1 is 1.03 bits per heavy atom. The summed E-state index contributed by atoms with van der Waals surface area (Å²) in [5, 5.41) is 6.02. The predicted molar refractivity (Wildman–Crippen MR) is 132 cm³/mol. The number of ether oxygens (including phenoxy) is 2. The van der Waals surface area contributed by atoms with E-state index in [2.05, 4.69) is 20.6 Å². The summed E-state index contributed by atoms with van der Waals surface area (Å²) in [6.07, 6.45) is 1.74. The van der Waals surface area contributed by atoms with Crippen LogP contribution in [-0.2, 0) is 19.1 Å². The summed E-state index contributed by atoms with van der Waals surface area (Å²) in [6, 6.07) is -2.36. The van der Waals surface area contributed by atoms with Crippen molar-refractivity contribution in [1.29, 1.82) is 0 Å². The van der Waals surface area contributed by atoms with Gasteiger partial charge in [0.05, 0.1) is 6.04 Å². The number of aromatic nitrogens is 2. The third-order valence-corrected chi connectivity index (χ3v) is 5.71. The summed E-state index contributed by atoms with van der Waals surface area (Å²) < 4.78 is 11.3. The maximum atomic E-state index is 12.7. The first-order valence-corrected chi connectivity index (χ1v) is 11.9. The Labute approximate surface area is 204 Å². The summed E-state index contributed by atoms with van der Waals surface area (Å²) in [5.41, 5.74) is 28.2.